The highest BCUT2D eigenvalue weighted by atomic mass is 32.2. The summed E-state index contributed by atoms with van der Waals surface area (Å²) >= 11 is 1.14. The third kappa shape index (κ3) is 6.28. The number of carbonyl (C=O) groups is 2. The number of hydrogen-bond acceptors (Lipinski definition) is 8. The van der Waals surface area contributed by atoms with E-state index in [-0.39, 0.29) is 17.3 Å². The fraction of sp³-hybridized carbons (Fsp3) is 0.600. The van der Waals surface area contributed by atoms with Crippen molar-refractivity contribution >= 4 is 33.5 Å². The van der Waals surface area contributed by atoms with E-state index in [0.717, 1.165) is 23.1 Å². The molecule has 25 heavy (non-hydrogen) atoms. The summed E-state index contributed by atoms with van der Waals surface area (Å²) in [5, 5.41) is 3.08. The van der Waals surface area contributed by atoms with Crippen molar-refractivity contribution in [2.24, 2.45) is 0 Å². The molecule has 0 aliphatic carbocycles. The average molecular weight is 387 g/mol. The van der Waals surface area contributed by atoms with Crippen molar-refractivity contribution in [3.63, 3.8) is 0 Å². The molecule has 1 aromatic rings. The summed E-state index contributed by atoms with van der Waals surface area (Å²) in [7, 11) is -3.08. The second-order valence-corrected chi connectivity index (χ2v) is 9.13. The lowest BCUT2D eigenvalue weighted by Crippen LogP contribution is -2.42. The zero-order chi connectivity index (χ0) is 18.6. The molecule has 0 saturated carbocycles. The number of ether oxygens (including phenoxy) is 1. The maximum absolute atomic E-state index is 12.0. The molecule has 1 saturated heterocycles. The Bertz CT molecular complexity index is 746. The topological polar surface area (TPSA) is 115 Å². The van der Waals surface area contributed by atoms with E-state index < -0.39 is 33.9 Å². The smallest absolute Gasteiger partial charge is 0.317 e. The Morgan fingerprint density at radius 1 is 1.36 bits per heavy atom. The predicted molar refractivity (Wildman–Crippen MR) is 93.0 cm³/mol. The lowest BCUT2D eigenvalue weighted by atomic mass is 10.2. The lowest BCUT2D eigenvalue weighted by molar-refractivity contribution is -0.152. The highest BCUT2D eigenvalue weighted by molar-refractivity contribution is 7.99. The maximum atomic E-state index is 12.0. The fourth-order valence-electron chi connectivity index (χ4n) is 2.39. The minimum absolute atomic E-state index is 0.0156. The molecule has 138 valence electrons. The van der Waals surface area contributed by atoms with E-state index in [1.54, 1.807) is 0 Å². The van der Waals surface area contributed by atoms with Crippen LogP contribution < -0.4 is 5.32 Å². The van der Waals surface area contributed by atoms with Gasteiger partial charge in [0.25, 0.3) is 5.91 Å². The minimum atomic E-state index is -3.08. The Morgan fingerprint density at radius 2 is 2.00 bits per heavy atom. The van der Waals surface area contributed by atoms with E-state index in [1.165, 1.54) is 6.92 Å². The number of nitrogens with one attached hydrogen (secondary N) is 1. The van der Waals surface area contributed by atoms with Gasteiger partial charge in [-0.3, -0.25) is 9.59 Å². The normalized spacial score (nSPS) is 20.0. The van der Waals surface area contributed by atoms with Crippen molar-refractivity contribution in [3.05, 3.63) is 17.5 Å². The molecular formula is C15H21N3O5S2. The number of amides is 1. The molecule has 1 amide bonds. The number of nitrogens with zero attached hydrogens (tertiary/aromatic N) is 2. The molecule has 0 spiro atoms. The van der Waals surface area contributed by atoms with E-state index in [9.17, 15) is 18.0 Å². The highest BCUT2D eigenvalue weighted by Gasteiger charge is 2.30. The molecular weight excluding hydrogens is 366 g/mol. The van der Waals surface area contributed by atoms with Crippen LogP contribution in [0.2, 0.25) is 0 Å². The van der Waals surface area contributed by atoms with Gasteiger partial charge >= 0.3 is 5.97 Å². The Hall–Kier alpha value is -1.68. The van der Waals surface area contributed by atoms with Crippen LogP contribution in [0.1, 0.15) is 24.7 Å². The number of thioether (sulfide) groups is 1. The summed E-state index contributed by atoms with van der Waals surface area (Å²) in [6.45, 7) is 5.13. The first-order valence-electron chi connectivity index (χ1n) is 7.80. The van der Waals surface area contributed by atoms with Crippen molar-refractivity contribution < 1.29 is 22.7 Å². The van der Waals surface area contributed by atoms with Gasteiger partial charge in [-0.1, -0.05) is 11.8 Å². The third-order valence-electron chi connectivity index (χ3n) is 3.54. The second-order valence-electron chi connectivity index (χ2n) is 5.96. The number of esters is 1. The van der Waals surface area contributed by atoms with Crippen LogP contribution in [0.4, 0.5) is 0 Å². The van der Waals surface area contributed by atoms with Gasteiger partial charge in [-0.25, -0.2) is 18.4 Å². The van der Waals surface area contributed by atoms with Crippen LogP contribution in [-0.2, 0) is 24.2 Å². The Balaban J connectivity index is 1.78. The van der Waals surface area contributed by atoms with E-state index in [1.807, 2.05) is 19.9 Å². The Kier molecular flexibility index (Phi) is 6.39. The van der Waals surface area contributed by atoms with E-state index in [4.69, 9.17) is 4.74 Å². The van der Waals surface area contributed by atoms with Gasteiger partial charge in [-0.15, -0.1) is 0 Å². The molecule has 0 bridgehead atoms. The van der Waals surface area contributed by atoms with Crippen molar-refractivity contribution in [2.75, 3.05) is 17.3 Å². The number of aryl methyl sites for hydroxylation is 2. The third-order valence-corrected chi connectivity index (χ3v) is 6.13. The van der Waals surface area contributed by atoms with Crippen LogP contribution in [0.5, 0.6) is 0 Å². The summed E-state index contributed by atoms with van der Waals surface area (Å²) in [4.78, 5) is 32.3. The van der Waals surface area contributed by atoms with Crippen LogP contribution in [0.25, 0.3) is 0 Å². The maximum Gasteiger partial charge on any atom is 0.317 e. The van der Waals surface area contributed by atoms with Crippen LogP contribution in [-0.4, -0.2) is 59.7 Å². The lowest BCUT2D eigenvalue weighted by Gasteiger charge is -2.16. The molecule has 1 aliphatic heterocycles. The molecule has 1 N–H and O–H groups in total. The molecule has 0 aromatic carbocycles. The standard InChI is InChI=1S/C15H21N3O5S2/c1-9-6-10(2)17-15(16-9)24-7-13(19)23-11(3)14(20)18-12-4-5-25(21,22)8-12/h6,11-12H,4-5,7-8H2,1-3H3,(H,18,20)/t11-,12+/m0/s1. The molecule has 0 radical (unpaired) electrons. The predicted octanol–water partition coefficient (Wildman–Crippen LogP) is 0.421. The molecule has 2 atom stereocenters. The Labute approximate surface area is 151 Å². The summed E-state index contributed by atoms with van der Waals surface area (Å²) in [5.74, 6) is -1.08. The van der Waals surface area contributed by atoms with Crippen LogP contribution in [0.3, 0.4) is 0 Å². The molecule has 8 nitrogen and oxygen atoms in total. The first-order valence-corrected chi connectivity index (χ1v) is 10.6. The fourth-order valence-corrected chi connectivity index (χ4v) is 4.80. The monoisotopic (exact) mass is 387 g/mol. The first kappa shape index (κ1) is 19.6. The van der Waals surface area contributed by atoms with Gasteiger partial charge in [-0.05, 0) is 33.3 Å². The van der Waals surface area contributed by atoms with Gasteiger partial charge in [-0.2, -0.15) is 0 Å². The highest BCUT2D eigenvalue weighted by Crippen LogP contribution is 2.15. The molecule has 0 unspecified atom stereocenters. The number of aromatic nitrogens is 2. The SMILES string of the molecule is Cc1cc(C)nc(SCC(=O)O[C@@H](C)C(=O)N[C@@H]2CCS(=O)(=O)C2)n1. The van der Waals surface area contributed by atoms with Gasteiger partial charge in [0.05, 0.1) is 17.3 Å². The summed E-state index contributed by atoms with van der Waals surface area (Å²) < 4.78 is 27.9. The summed E-state index contributed by atoms with van der Waals surface area (Å²) in [6, 6.07) is 1.41. The van der Waals surface area contributed by atoms with Gasteiger partial charge in [0, 0.05) is 17.4 Å². The van der Waals surface area contributed by atoms with Crippen molar-refractivity contribution in [1.29, 1.82) is 0 Å². The molecule has 1 aromatic heterocycles. The van der Waals surface area contributed by atoms with Gasteiger partial charge in [0.2, 0.25) is 0 Å². The first-order chi connectivity index (χ1) is 11.6. The average Bonchev–Trinajstić information content (AvgIpc) is 2.83. The van der Waals surface area contributed by atoms with Crippen molar-refractivity contribution in [3.8, 4) is 0 Å². The minimum Gasteiger partial charge on any atom is -0.452 e. The molecule has 2 rings (SSSR count). The van der Waals surface area contributed by atoms with Crippen molar-refractivity contribution in [2.45, 2.75) is 44.5 Å². The number of hydrogen-bond donors (Lipinski definition) is 1. The van der Waals surface area contributed by atoms with Gasteiger partial charge < -0.3 is 10.1 Å². The van der Waals surface area contributed by atoms with Crippen LogP contribution in [0, 0.1) is 13.8 Å². The van der Waals surface area contributed by atoms with Gasteiger partial charge in [0.15, 0.2) is 21.1 Å². The molecule has 10 heteroatoms. The largest absolute Gasteiger partial charge is 0.452 e. The molecule has 1 fully saturated rings. The van der Waals surface area contributed by atoms with E-state index >= 15 is 0 Å². The number of carbonyl (C=O) groups excluding carboxylic acids is 2. The van der Waals surface area contributed by atoms with Crippen molar-refractivity contribution in [1.82, 2.24) is 15.3 Å². The van der Waals surface area contributed by atoms with Gasteiger partial charge in [0.1, 0.15) is 0 Å². The number of rotatable bonds is 6. The zero-order valence-electron chi connectivity index (χ0n) is 14.3. The summed E-state index contributed by atoms with van der Waals surface area (Å²) in [6.07, 6.45) is -0.606. The second kappa shape index (κ2) is 8.13. The summed E-state index contributed by atoms with van der Waals surface area (Å²) in [5.41, 5.74) is 1.62. The van der Waals surface area contributed by atoms with Crippen LogP contribution >= 0.6 is 11.8 Å². The quantitative estimate of drug-likeness (QED) is 0.424. The Morgan fingerprint density at radius 3 is 2.56 bits per heavy atom. The molecule has 1 aliphatic rings. The van der Waals surface area contributed by atoms with E-state index in [2.05, 4.69) is 15.3 Å². The molecule has 2 heterocycles. The zero-order valence-corrected chi connectivity index (χ0v) is 15.9. The van der Waals surface area contributed by atoms with Crippen LogP contribution in [0.15, 0.2) is 11.2 Å². The van der Waals surface area contributed by atoms with E-state index in [0.29, 0.717) is 11.6 Å². The number of sulfone groups is 1.